The van der Waals surface area contributed by atoms with E-state index in [2.05, 4.69) is 20.3 Å². The third-order valence-electron chi connectivity index (χ3n) is 2.46. The quantitative estimate of drug-likeness (QED) is 0.615. The summed E-state index contributed by atoms with van der Waals surface area (Å²) in [7, 11) is -3.69. The van der Waals surface area contributed by atoms with Gasteiger partial charge in [0.2, 0.25) is 15.9 Å². The standard InChI is InChI=1S/C12H19ClN4O3S/c1-3-4-15-12-11(13)7-10(8-16-12)21(19,20)17-6-5-14-9(2)18/h7-8,17H,3-6H2,1-2H3,(H,14,18)(H,15,16). The number of hydrogen-bond donors (Lipinski definition) is 3. The van der Waals surface area contributed by atoms with Crippen molar-refractivity contribution in [1.82, 2.24) is 15.0 Å². The molecule has 3 N–H and O–H groups in total. The highest BCUT2D eigenvalue weighted by Crippen LogP contribution is 2.22. The van der Waals surface area contributed by atoms with E-state index in [9.17, 15) is 13.2 Å². The second kappa shape index (κ2) is 8.16. The topological polar surface area (TPSA) is 100 Å². The molecule has 0 aliphatic rings. The van der Waals surface area contributed by atoms with Gasteiger partial charge in [0, 0.05) is 32.8 Å². The van der Waals surface area contributed by atoms with Crippen molar-refractivity contribution in [2.75, 3.05) is 25.0 Å². The van der Waals surface area contributed by atoms with Gasteiger partial charge >= 0.3 is 0 Å². The van der Waals surface area contributed by atoms with Crippen LogP contribution in [0.4, 0.5) is 5.82 Å². The molecule has 0 fully saturated rings. The minimum Gasteiger partial charge on any atom is -0.369 e. The minimum absolute atomic E-state index is 0.0163. The first-order chi connectivity index (χ1) is 9.86. The fraction of sp³-hybridized carbons (Fsp3) is 0.500. The summed E-state index contributed by atoms with van der Waals surface area (Å²) in [6.45, 7) is 4.37. The highest BCUT2D eigenvalue weighted by molar-refractivity contribution is 7.89. The molecule has 0 aliphatic carbocycles. The van der Waals surface area contributed by atoms with Gasteiger partial charge in [-0.25, -0.2) is 18.1 Å². The van der Waals surface area contributed by atoms with Crippen LogP contribution in [0.3, 0.4) is 0 Å². The van der Waals surface area contributed by atoms with Crippen LogP contribution in [-0.4, -0.2) is 38.9 Å². The van der Waals surface area contributed by atoms with Gasteiger partial charge in [-0.05, 0) is 12.5 Å². The fourth-order valence-electron chi connectivity index (χ4n) is 1.45. The van der Waals surface area contributed by atoms with Crippen LogP contribution in [0.25, 0.3) is 0 Å². The maximum absolute atomic E-state index is 12.0. The molecule has 0 unspecified atom stereocenters. The largest absolute Gasteiger partial charge is 0.369 e. The average Bonchev–Trinajstić information content (AvgIpc) is 2.42. The molecule has 9 heteroatoms. The van der Waals surface area contributed by atoms with E-state index in [0.29, 0.717) is 12.4 Å². The number of halogens is 1. The smallest absolute Gasteiger partial charge is 0.242 e. The third kappa shape index (κ3) is 5.86. The zero-order chi connectivity index (χ0) is 15.9. The number of pyridine rings is 1. The van der Waals surface area contributed by atoms with Crippen molar-refractivity contribution in [3.8, 4) is 0 Å². The van der Waals surface area contributed by atoms with E-state index in [1.54, 1.807) is 0 Å². The van der Waals surface area contributed by atoms with Gasteiger partial charge in [-0.3, -0.25) is 4.79 Å². The van der Waals surface area contributed by atoms with E-state index in [1.165, 1.54) is 19.2 Å². The van der Waals surface area contributed by atoms with E-state index >= 15 is 0 Å². The lowest BCUT2D eigenvalue weighted by Gasteiger charge is -2.10. The highest BCUT2D eigenvalue weighted by atomic mass is 35.5. The molecule has 1 rings (SSSR count). The Bertz CT molecular complexity index is 592. The molecular weight excluding hydrogens is 316 g/mol. The molecule has 0 atom stereocenters. The van der Waals surface area contributed by atoms with Gasteiger partial charge in [0.1, 0.15) is 10.7 Å². The van der Waals surface area contributed by atoms with Gasteiger partial charge < -0.3 is 10.6 Å². The Balaban J connectivity index is 2.70. The summed E-state index contributed by atoms with van der Waals surface area (Å²) in [6, 6.07) is 1.34. The van der Waals surface area contributed by atoms with Gasteiger partial charge in [0.15, 0.2) is 0 Å². The highest BCUT2D eigenvalue weighted by Gasteiger charge is 2.16. The number of rotatable bonds is 8. The Labute approximate surface area is 129 Å². The second-order valence-electron chi connectivity index (χ2n) is 4.31. The number of carbonyl (C=O) groups excluding carboxylic acids is 1. The van der Waals surface area contributed by atoms with Crippen molar-refractivity contribution >= 4 is 33.3 Å². The molecule has 0 saturated carbocycles. The Morgan fingerprint density at radius 2 is 2.05 bits per heavy atom. The predicted molar refractivity (Wildman–Crippen MR) is 81.9 cm³/mol. The first-order valence-electron chi connectivity index (χ1n) is 6.50. The number of amides is 1. The van der Waals surface area contributed by atoms with Gasteiger partial charge in [0.05, 0.1) is 5.02 Å². The van der Waals surface area contributed by atoms with Gasteiger partial charge in [-0.15, -0.1) is 0 Å². The van der Waals surface area contributed by atoms with E-state index in [-0.39, 0.29) is 28.9 Å². The fourth-order valence-corrected chi connectivity index (χ4v) is 2.75. The van der Waals surface area contributed by atoms with Crippen LogP contribution >= 0.6 is 11.6 Å². The van der Waals surface area contributed by atoms with Crippen LogP contribution in [0, 0.1) is 0 Å². The van der Waals surface area contributed by atoms with Crippen molar-refractivity contribution in [1.29, 1.82) is 0 Å². The molecule has 1 aromatic heterocycles. The maximum atomic E-state index is 12.0. The Morgan fingerprint density at radius 3 is 2.62 bits per heavy atom. The molecule has 0 saturated heterocycles. The molecule has 21 heavy (non-hydrogen) atoms. The number of aromatic nitrogens is 1. The monoisotopic (exact) mass is 334 g/mol. The van der Waals surface area contributed by atoms with Crippen LogP contribution in [0.15, 0.2) is 17.2 Å². The molecule has 7 nitrogen and oxygen atoms in total. The van der Waals surface area contributed by atoms with Crippen molar-refractivity contribution in [2.24, 2.45) is 0 Å². The number of nitrogens with one attached hydrogen (secondary N) is 3. The molecular formula is C12H19ClN4O3S. The van der Waals surface area contributed by atoms with E-state index in [4.69, 9.17) is 11.6 Å². The molecule has 118 valence electrons. The zero-order valence-corrected chi connectivity index (χ0v) is 13.5. The molecule has 0 radical (unpaired) electrons. The SMILES string of the molecule is CCCNc1ncc(S(=O)(=O)NCCNC(C)=O)cc1Cl. The minimum atomic E-state index is -3.69. The average molecular weight is 335 g/mol. The lowest BCUT2D eigenvalue weighted by atomic mass is 10.4. The van der Waals surface area contributed by atoms with Crippen molar-refractivity contribution in [3.63, 3.8) is 0 Å². The first kappa shape index (κ1) is 17.7. The zero-order valence-electron chi connectivity index (χ0n) is 11.9. The van der Waals surface area contributed by atoms with Crippen LogP contribution in [0.2, 0.25) is 5.02 Å². The number of anilines is 1. The molecule has 0 spiro atoms. The molecule has 0 bridgehead atoms. The van der Waals surface area contributed by atoms with Crippen molar-refractivity contribution in [3.05, 3.63) is 17.3 Å². The summed E-state index contributed by atoms with van der Waals surface area (Å²) < 4.78 is 26.4. The maximum Gasteiger partial charge on any atom is 0.242 e. The number of sulfonamides is 1. The van der Waals surface area contributed by atoms with Crippen LogP contribution in [-0.2, 0) is 14.8 Å². The normalized spacial score (nSPS) is 11.2. The molecule has 1 aromatic rings. The molecule has 1 amide bonds. The Hall–Kier alpha value is -1.38. The lowest BCUT2D eigenvalue weighted by Crippen LogP contribution is -2.33. The van der Waals surface area contributed by atoms with Crippen LogP contribution < -0.4 is 15.4 Å². The molecule has 0 aliphatic heterocycles. The van der Waals surface area contributed by atoms with Gasteiger partial charge in [-0.1, -0.05) is 18.5 Å². The summed E-state index contributed by atoms with van der Waals surface area (Å²) in [6.07, 6.45) is 2.15. The summed E-state index contributed by atoms with van der Waals surface area (Å²) in [4.78, 5) is 14.7. The van der Waals surface area contributed by atoms with Gasteiger partial charge in [-0.2, -0.15) is 0 Å². The lowest BCUT2D eigenvalue weighted by molar-refractivity contribution is -0.118. The third-order valence-corrected chi connectivity index (χ3v) is 4.18. The number of carbonyl (C=O) groups is 1. The summed E-state index contributed by atoms with van der Waals surface area (Å²) in [5.74, 6) is 0.237. The molecule has 1 heterocycles. The predicted octanol–water partition coefficient (Wildman–Crippen LogP) is 0.971. The summed E-state index contributed by atoms with van der Waals surface area (Å²) >= 11 is 6.00. The first-order valence-corrected chi connectivity index (χ1v) is 8.36. The van der Waals surface area contributed by atoms with Crippen molar-refractivity contribution < 1.29 is 13.2 Å². The summed E-state index contributed by atoms with van der Waals surface area (Å²) in [5.41, 5.74) is 0. The van der Waals surface area contributed by atoms with E-state index < -0.39 is 10.0 Å². The van der Waals surface area contributed by atoms with E-state index in [0.717, 1.165) is 6.42 Å². The van der Waals surface area contributed by atoms with Crippen LogP contribution in [0.5, 0.6) is 0 Å². The van der Waals surface area contributed by atoms with Crippen molar-refractivity contribution in [2.45, 2.75) is 25.2 Å². The Morgan fingerprint density at radius 1 is 1.33 bits per heavy atom. The van der Waals surface area contributed by atoms with Gasteiger partial charge in [0.25, 0.3) is 0 Å². The van der Waals surface area contributed by atoms with E-state index in [1.807, 2.05) is 6.92 Å². The Kier molecular flexibility index (Phi) is 6.86. The van der Waals surface area contributed by atoms with Crippen LogP contribution in [0.1, 0.15) is 20.3 Å². The number of hydrogen-bond acceptors (Lipinski definition) is 5. The second-order valence-corrected chi connectivity index (χ2v) is 6.48. The number of nitrogens with zero attached hydrogens (tertiary/aromatic N) is 1. The molecule has 0 aromatic carbocycles. The summed E-state index contributed by atoms with van der Waals surface area (Å²) in [5, 5.41) is 5.74.